The second-order valence-electron chi connectivity index (χ2n) is 13.6. The maximum absolute atomic E-state index is 14.3. The summed E-state index contributed by atoms with van der Waals surface area (Å²) >= 11 is 12.8. The Morgan fingerprint density at radius 3 is 2.33 bits per heavy atom. The SMILES string of the molecule is C=CC[C@@](CC)(C(O)CCCCO[Si](C)(C)C(C)(C)C)N1C(=O)C(C)CC(c2cccc(Cl)c2)C1c1ccc(Cl)cc1. The first-order valence-electron chi connectivity index (χ1n) is 15.5. The molecule has 42 heavy (non-hydrogen) atoms. The maximum Gasteiger partial charge on any atom is 0.226 e. The number of benzene rings is 2. The molecule has 1 saturated heterocycles. The van der Waals surface area contributed by atoms with E-state index in [0.717, 1.165) is 24.0 Å². The van der Waals surface area contributed by atoms with E-state index in [1.165, 1.54) is 0 Å². The van der Waals surface area contributed by atoms with Crippen LogP contribution in [-0.4, -0.2) is 42.5 Å². The fourth-order valence-corrected chi connectivity index (χ4v) is 7.62. The molecule has 7 heteroatoms. The minimum atomic E-state index is -1.82. The standard InChI is InChI=1S/C35H51Cl2NO3Si/c1-9-21-35(10-2,31(39)16-11-12-22-41-42(7,8)34(4,5)6)38-32(26-17-19-28(36)20-18-26)30(23-25(3)33(38)40)27-14-13-15-29(37)24-27/h9,13-15,17-20,24-25,30-32,39H,1,10-12,16,21-23H2,2-8H3/t25?,30?,31?,32?,35-/m0/s1. The van der Waals surface area contributed by atoms with Crippen molar-refractivity contribution in [2.45, 2.75) is 115 Å². The van der Waals surface area contributed by atoms with Gasteiger partial charge in [0, 0.05) is 28.5 Å². The van der Waals surface area contributed by atoms with Crippen LogP contribution in [0.15, 0.2) is 61.2 Å². The molecule has 0 spiro atoms. The van der Waals surface area contributed by atoms with Crippen LogP contribution in [0, 0.1) is 5.92 Å². The van der Waals surface area contributed by atoms with Gasteiger partial charge in [0.15, 0.2) is 8.32 Å². The molecule has 5 atom stereocenters. The zero-order chi connectivity index (χ0) is 31.3. The molecule has 4 nitrogen and oxygen atoms in total. The van der Waals surface area contributed by atoms with Gasteiger partial charge in [0.25, 0.3) is 0 Å². The molecular formula is C35H51Cl2NO3Si. The van der Waals surface area contributed by atoms with E-state index in [-0.39, 0.29) is 28.8 Å². The lowest BCUT2D eigenvalue weighted by molar-refractivity contribution is -0.161. The molecule has 0 aromatic heterocycles. The number of aliphatic hydroxyl groups is 1. The number of rotatable bonds is 13. The Morgan fingerprint density at radius 1 is 1.10 bits per heavy atom. The van der Waals surface area contributed by atoms with E-state index in [1.807, 2.05) is 60.4 Å². The summed E-state index contributed by atoms with van der Waals surface area (Å²) < 4.78 is 6.39. The van der Waals surface area contributed by atoms with Gasteiger partial charge in [0.1, 0.15) is 0 Å². The van der Waals surface area contributed by atoms with E-state index >= 15 is 0 Å². The van der Waals surface area contributed by atoms with Crippen LogP contribution in [0.1, 0.15) is 96.2 Å². The van der Waals surface area contributed by atoms with Gasteiger partial charge in [-0.2, -0.15) is 0 Å². The lowest BCUT2D eigenvalue weighted by Crippen LogP contribution is -2.63. The van der Waals surface area contributed by atoms with E-state index in [9.17, 15) is 9.90 Å². The van der Waals surface area contributed by atoms with Crippen molar-refractivity contribution in [1.29, 1.82) is 0 Å². The van der Waals surface area contributed by atoms with Crippen LogP contribution >= 0.6 is 23.2 Å². The lowest BCUT2D eigenvalue weighted by atomic mass is 9.71. The Labute approximate surface area is 265 Å². The Kier molecular flexibility index (Phi) is 12.0. The molecule has 1 aliphatic heterocycles. The Morgan fingerprint density at radius 2 is 1.76 bits per heavy atom. The van der Waals surface area contributed by atoms with Crippen molar-refractivity contribution in [2.75, 3.05) is 6.61 Å². The summed E-state index contributed by atoms with van der Waals surface area (Å²) in [5.41, 5.74) is 1.28. The van der Waals surface area contributed by atoms with Crippen molar-refractivity contribution in [3.05, 3.63) is 82.4 Å². The first-order valence-corrected chi connectivity index (χ1v) is 19.1. The average molecular weight is 633 g/mol. The normalized spacial score (nSPS) is 22.1. The highest BCUT2D eigenvalue weighted by Gasteiger charge is 2.52. The summed E-state index contributed by atoms with van der Waals surface area (Å²) in [5, 5.41) is 13.5. The van der Waals surface area contributed by atoms with E-state index in [4.69, 9.17) is 27.6 Å². The number of nitrogens with zero attached hydrogens (tertiary/aromatic N) is 1. The van der Waals surface area contributed by atoms with Crippen molar-refractivity contribution in [2.24, 2.45) is 5.92 Å². The summed E-state index contributed by atoms with van der Waals surface area (Å²) in [4.78, 5) is 16.3. The van der Waals surface area contributed by atoms with Crippen LogP contribution in [0.25, 0.3) is 0 Å². The van der Waals surface area contributed by atoms with E-state index in [0.29, 0.717) is 42.3 Å². The minimum absolute atomic E-state index is 0.00139. The van der Waals surface area contributed by atoms with Crippen LogP contribution in [0.5, 0.6) is 0 Å². The first kappa shape index (κ1) is 34.9. The van der Waals surface area contributed by atoms with E-state index in [1.54, 1.807) is 0 Å². The van der Waals surface area contributed by atoms with Gasteiger partial charge in [-0.25, -0.2) is 0 Å². The number of likely N-dealkylation sites (tertiary alicyclic amines) is 1. The molecule has 0 saturated carbocycles. The van der Waals surface area contributed by atoms with Crippen molar-refractivity contribution < 1.29 is 14.3 Å². The second-order valence-corrected chi connectivity index (χ2v) is 19.3. The highest BCUT2D eigenvalue weighted by molar-refractivity contribution is 6.74. The van der Waals surface area contributed by atoms with Crippen molar-refractivity contribution in [3.8, 4) is 0 Å². The Hall–Kier alpha value is -1.63. The Bertz CT molecular complexity index is 1200. The van der Waals surface area contributed by atoms with Gasteiger partial charge >= 0.3 is 0 Å². The summed E-state index contributed by atoms with van der Waals surface area (Å²) in [6.45, 7) is 20.1. The number of unbranched alkanes of at least 4 members (excludes halogenated alkanes) is 1. The molecule has 1 N–H and O–H groups in total. The molecule has 1 amide bonds. The summed E-state index contributed by atoms with van der Waals surface area (Å²) in [6, 6.07) is 15.5. The van der Waals surface area contributed by atoms with Crippen LogP contribution < -0.4 is 0 Å². The number of hydrogen-bond donors (Lipinski definition) is 1. The van der Waals surface area contributed by atoms with Crippen molar-refractivity contribution >= 4 is 37.4 Å². The summed E-state index contributed by atoms with van der Waals surface area (Å²) in [5.74, 6) is -0.144. The molecule has 3 rings (SSSR count). The smallest absolute Gasteiger partial charge is 0.226 e. The minimum Gasteiger partial charge on any atom is -0.417 e. The maximum atomic E-state index is 14.3. The van der Waals surface area contributed by atoms with Crippen molar-refractivity contribution in [3.63, 3.8) is 0 Å². The third-order valence-electron chi connectivity index (χ3n) is 9.77. The molecule has 232 valence electrons. The van der Waals surface area contributed by atoms with Gasteiger partial charge in [0.2, 0.25) is 5.91 Å². The predicted molar refractivity (Wildman–Crippen MR) is 180 cm³/mol. The predicted octanol–water partition coefficient (Wildman–Crippen LogP) is 9.96. The fourth-order valence-electron chi connectivity index (χ4n) is 6.21. The monoisotopic (exact) mass is 631 g/mol. The van der Waals surface area contributed by atoms with Crippen molar-refractivity contribution in [1.82, 2.24) is 4.90 Å². The molecule has 0 bridgehead atoms. The van der Waals surface area contributed by atoms with Gasteiger partial charge < -0.3 is 14.4 Å². The third kappa shape index (κ3) is 7.71. The zero-order valence-electron chi connectivity index (χ0n) is 26.6. The van der Waals surface area contributed by atoms with Gasteiger partial charge in [-0.05, 0) is 92.0 Å². The number of piperidine rings is 1. The van der Waals surface area contributed by atoms with Crippen LogP contribution in [0.4, 0.5) is 0 Å². The van der Waals surface area contributed by atoms with Gasteiger partial charge in [-0.3, -0.25) is 4.79 Å². The average Bonchev–Trinajstić information content (AvgIpc) is 2.92. The molecule has 2 aromatic carbocycles. The quantitative estimate of drug-likeness (QED) is 0.136. The van der Waals surface area contributed by atoms with Crippen LogP contribution in [0.3, 0.4) is 0 Å². The topological polar surface area (TPSA) is 49.8 Å². The van der Waals surface area contributed by atoms with E-state index in [2.05, 4.69) is 53.4 Å². The molecule has 1 fully saturated rings. The number of amides is 1. The first-order chi connectivity index (χ1) is 19.7. The highest BCUT2D eigenvalue weighted by atomic mass is 35.5. The summed E-state index contributed by atoms with van der Waals surface area (Å²) in [6.07, 6.45) is 5.18. The number of hydrogen-bond acceptors (Lipinski definition) is 3. The molecule has 0 radical (unpaired) electrons. The van der Waals surface area contributed by atoms with Gasteiger partial charge in [0.05, 0.1) is 17.7 Å². The number of carbonyl (C=O) groups is 1. The molecule has 1 heterocycles. The van der Waals surface area contributed by atoms with Crippen LogP contribution in [0.2, 0.25) is 28.2 Å². The molecular weight excluding hydrogens is 581 g/mol. The van der Waals surface area contributed by atoms with Crippen LogP contribution in [-0.2, 0) is 9.22 Å². The number of halogens is 2. The highest BCUT2D eigenvalue weighted by Crippen LogP contribution is 2.51. The third-order valence-corrected chi connectivity index (χ3v) is 14.8. The van der Waals surface area contributed by atoms with E-state index < -0.39 is 20.0 Å². The molecule has 0 aliphatic carbocycles. The molecule has 1 aliphatic rings. The molecule has 2 aromatic rings. The fraction of sp³-hybridized carbons (Fsp3) is 0.571. The van der Waals surface area contributed by atoms with Gasteiger partial charge in [-0.1, -0.05) is 88.2 Å². The number of aliphatic hydroxyl groups excluding tert-OH is 1. The largest absolute Gasteiger partial charge is 0.417 e. The summed E-state index contributed by atoms with van der Waals surface area (Å²) in [7, 11) is -1.82. The second kappa shape index (κ2) is 14.4. The number of carbonyl (C=O) groups excluding carboxylic acids is 1. The molecule has 4 unspecified atom stereocenters. The zero-order valence-corrected chi connectivity index (χ0v) is 29.1. The lowest BCUT2D eigenvalue weighted by Gasteiger charge is -2.55. The van der Waals surface area contributed by atoms with Gasteiger partial charge in [-0.15, -0.1) is 6.58 Å². The Balaban J connectivity index is 1.99.